The minimum absolute atomic E-state index is 0.334. The number of aryl methyl sites for hydroxylation is 1. The van der Waals surface area contributed by atoms with Gasteiger partial charge < -0.3 is 5.11 Å². The number of thioether (sulfide) groups is 1. The largest absolute Gasteiger partial charge is 0.478 e. The zero-order chi connectivity index (χ0) is 14.5. The van der Waals surface area contributed by atoms with Gasteiger partial charge in [-0.05, 0) is 42.3 Å². The summed E-state index contributed by atoms with van der Waals surface area (Å²) in [7, 11) is 0. The lowest BCUT2D eigenvalue weighted by atomic mass is 10.1. The Bertz CT molecular complexity index is 689. The van der Waals surface area contributed by atoms with Crippen LogP contribution in [0.3, 0.4) is 0 Å². The Hall–Kier alpha value is -2.25. The van der Waals surface area contributed by atoms with E-state index in [4.69, 9.17) is 10.4 Å². The van der Waals surface area contributed by atoms with Crippen LogP contribution in [0.1, 0.15) is 27.0 Å². The molecule has 4 heteroatoms. The minimum Gasteiger partial charge on any atom is -0.478 e. The van der Waals surface area contributed by atoms with E-state index in [9.17, 15) is 4.79 Å². The molecule has 0 unspecified atom stereocenters. The smallest absolute Gasteiger partial charge is 0.335 e. The Morgan fingerprint density at radius 1 is 1.30 bits per heavy atom. The van der Waals surface area contributed by atoms with Crippen molar-refractivity contribution >= 4 is 17.7 Å². The second-order valence-electron chi connectivity index (χ2n) is 4.38. The molecular formula is C16H13NO2S. The summed E-state index contributed by atoms with van der Waals surface area (Å²) in [5.41, 5.74) is 2.78. The molecule has 0 bridgehead atoms. The normalized spacial score (nSPS) is 10.0. The predicted octanol–water partition coefficient (Wildman–Crippen LogP) is 3.86. The molecule has 20 heavy (non-hydrogen) atoms. The standard InChI is InChI=1S/C16H13NO2S/c1-11-5-6-14(8-15(11)16(18)19)20-10-13-4-2-3-12(7-13)9-17/h2-8H,10H2,1H3,(H,18,19). The molecule has 0 amide bonds. The molecule has 0 spiro atoms. The summed E-state index contributed by atoms with van der Waals surface area (Å²) in [6, 6.07) is 15.0. The van der Waals surface area contributed by atoms with Crippen LogP contribution in [0.5, 0.6) is 0 Å². The summed E-state index contributed by atoms with van der Waals surface area (Å²) in [6.45, 7) is 1.79. The van der Waals surface area contributed by atoms with Crippen LogP contribution < -0.4 is 0 Å². The number of carbonyl (C=O) groups is 1. The van der Waals surface area contributed by atoms with Crippen LogP contribution in [0.25, 0.3) is 0 Å². The van der Waals surface area contributed by atoms with Crippen LogP contribution in [0.2, 0.25) is 0 Å². The van der Waals surface area contributed by atoms with Crippen molar-refractivity contribution in [1.82, 2.24) is 0 Å². The van der Waals surface area contributed by atoms with E-state index in [0.29, 0.717) is 16.9 Å². The van der Waals surface area contributed by atoms with Crippen LogP contribution in [0, 0.1) is 18.3 Å². The number of rotatable bonds is 4. The van der Waals surface area contributed by atoms with Crippen LogP contribution in [-0.4, -0.2) is 11.1 Å². The minimum atomic E-state index is -0.906. The fraction of sp³-hybridized carbons (Fsp3) is 0.125. The number of hydrogen-bond acceptors (Lipinski definition) is 3. The van der Waals surface area contributed by atoms with E-state index in [1.807, 2.05) is 30.3 Å². The number of carboxylic acid groups (broad SMARTS) is 1. The Labute approximate surface area is 121 Å². The van der Waals surface area contributed by atoms with Gasteiger partial charge in [-0.1, -0.05) is 18.2 Å². The fourth-order valence-electron chi connectivity index (χ4n) is 1.82. The van der Waals surface area contributed by atoms with E-state index in [2.05, 4.69) is 6.07 Å². The molecule has 2 rings (SSSR count). The van der Waals surface area contributed by atoms with Crippen molar-refractivity contribution in [2.24, 2.45) is 0 Å². The zero-order valence-electron chi connectivity index (χ0n) is 11.0. The average molecular weight is 283 g/mol. The van der Waals surface area contributed by atoms with Gasteiger partial charge in [0.05, 0.1) is 17.2 Å². The van der Waals surface area contributed by atoms with E-state index in [-0.39, 0.29) is 0 Å². The van der Waals surface area contributed by atoms with Gasteiger partial charge in [0, 0.05) is 10.6 Å². The van der Waals surface area contributed by atoms with Gasteiger partial charge in [0.15, 0.2) is 0 Å². The molecule has 3 nitrogen and oxygen atoms in total. The number of nitrogens with zero attached hydrogens (tertiary/aromatic N) is 1. The number of carboxylic acids is 1. The van der Waals surface area contributed by atoms with E-state index < -0.39 is 5.97 Å². The maximum absolute atomic E-state index is 11.1. The van der Waals surface area contributed by atoms with Gasteiger partial charge in [-0.25, -0.2) is 4.79 Å². The first-order valence-electron chi connectivity index (χ1n) is 6.06. The Morgan fingerprint density at radius 3 is 2.80 bits per heavy atom. The number of aromatic carboxylic acids is 1. The van der Waals surface area contributed by atoms with Crippen molar-refractivity contribution in [2.75, 3.05) is 0 Å². The molecule has 0 aromatic heterocycles. The van der Waals surface area contributed by atoms with E-state index >= 15 is 0 Å². The SMILES string of the molecule is Cc1ccc(SCc2cccc(C#N)c2)cc1C(=O)O. The van der Waals surface area contributed by atoms with Crippen molar-refractivity contribution < 1.29 is 9.90 Å². The molecule has 0 atom stereocenters. The first-order chi connectivity index (χ1) is 9.60. The van der Waals surface area contributed by atoms with Crippen molar-refractivity contribution in [3.63, 3.8) is 0 Å². The molecule has 100 valence electrons. The number of benzene rings is 2. The highest BCUT2D eigenvalue weighted by Crippen LogP contribution is 2.25. The summed E-state index contributed by atoms with van der Waals surface area (Å²) in [4.78, 5) is 12.0. The third-order valence-corrected chi connectivity index (χ3v) is 3.97. The molecule has 1 N–H and O–H groups in total. The molecule has 0 heterocycles. The van der Waals surface area contributed by atoms with Crippen molar-refractivity contribution in [3.8, 4) is 6.07 Å². The molecule has 0 aliphatic rings. The van der Waals surface area contributed by atoms with Crippen LogP contribution in [-0.2, 0) is 5.75 Å². The summed E-state index contributed by atoms with van der Waals surface area (Å²) >= 11 is 1.56. The Morgan fingerprint density at radius 2 is 2.10 bits per heavy atom. The average Bonchev–Trinajstić information content (AvgIpc) is 2.46. The maximum Gasteiger partial charge on any atom is 0.335 e. The quantitative estimate of drug-likeness (QED) is 0.866. The zero-order valence-corrected chi connectivity index (χ0v) is 11.8. The molecule has 2 aromatic carbocycles. The van der Waals surface area contributed by atoms with E-state index in [1.165, 1.54) is 0 Å². The highest BCUT2D eigenvalue weighted by molar-refractivity contribution is 7.98. The Balaban J connectivity index is 2.13. The van der Waals surface area contributed by atoms with Gasteiger partial charge in [-0.3, -0.25) is 0 Å². The van der Waals surface area contributed by atoms with Gasteiger partial charge in [-0.2, -0.15) is 5.26 Å². The fourth-order valence-corrected chi connectivity index (χ4v) is 2.70. The summed E-state index contributed by atoms with van der Waals surface area (Å²) in [5.74, 6) is -0.200. The molecular weight excluding hydrogens is 270 g/mol. The summed E-state index contributed by atoms with van der Waals surface area (Å²) in [6.07, 6.45) is 0. The Kier molecular flexibility index (Phi) is 4.44. The van der Waals surface area contributed by atoms with Crippen LogP contribution in [0.15, 0.2) is 47.4 Å². The first-order valence-corrected chi connectivity index (χ1v) is 7.04. The molecule has 0 saturated carbocycles. The third-order valence-electron chi connectivity index (χ3n) is 2.90. The summed E-state index contributed by atoms with van der Waals surface area (Å²) < 4.78 is 0. The molecule has 0 fully saturated rings. The van der Waals surface area contributed by atoms with Crippen molar-refractivity contribution in [3.05, 3.63) is 64.7 Å². The highest BCUT2D eigenvalue weighted by atomic mass is 32.2. The van der Waals surface area contributed by atoms with Crippen LogP contribution in [0.4, 0.5) is 0 Å². The van der Waals surface area contributed by atoms with Crippen LogP contribution >= 0.6 is 11.8 Å². The topological polar surface area (TPSA) is 61.1 Å². The third kappa shape index (κ3) is 3.40. The summed E-state index contributed by atoms with van der Waals surface area (Å²) in [5, 5.41) is 18.0. The van der Waals surface area contributed by atoms with Crippen molar-refractivity contribution in [1.29, 1.82) is 5.26 Å². The predicted molar refractivity (Wildman–Crippen MR) is 78.9 cm³/mol. The first kappa shape index (κ1) is 14.2. The second-order valence-corrected chi connectivity index (χ2v) is 5.43. The number of hydrogen-bond donors (Lipinski definition) is 1. The van der Waals surface area contributed by atoms with Gasteiger partial charge in [0.1, 0.15) is 0 Å². The van der Waals surface area contributed by atoms with Gasteiger partial charge in [-0.15, -0.1) is 11.8 Å². The highest BCUT2D eigenvalue weighted by Gasteiger charge is 2.08. The molecule has 0 saturated heterocycles. The number of nitriles is 1. The van der Waals surface area contributed by atoms with Gasteiger partial charge in [0.2, 0.25) is 0 Å². The maximum atomic E-state index is 11.1. The second kappa shape index (κ2) is 6.27. The lowest BCUT2D eigenvalue weighted by molar-refractivity contribution is 0.0696. The van der Waals surface area contributed by atoms with Crippen molar-refractivity contribution in [2.45, 2.75) is 17.6 Å². The van der Waals surface area contributed by atoms with Gasteiger partial charge in [0.25, 0.3) is 0 Å². The molecule has 0 aliphatic carbocycles. The monoisotopic (exact) mass is 283 g/mol. The van der Waals surface area contributed by atoms with E-state index in [0.717, 1.165) is 16.0 Å². The molecule has 0 radical (unpaired) electrons. The lowest BCUT2D eigenvalue weighted by Gasteiger charge is -2.06. The molecule has 0 aliphatic heterocycles. The molecule has 2 aromatic rings. The lowest BCUT2D eigenvalue weighted by Crippen LogP contribution is -1.99. The van der Waals surface area contributed by atoms with E-state index in [1.54, 1.807) is 30.8 Å². The van der Waals surface area contributed by atoms with Gasteiger partial charge >= 0.3 is 5.97 Å².